The number of hydrogen-bond acceptors (Lipinski definition) is 4. The number of fused-ring (bicyclic) bond motifs is 1. The fourth-order valence-electron chi connectivity index (χ4n) is 1.90. The van der Waals surface area contributed by atoms with Crippen molar-refractivity contribution in [3.63, 3.8) is 0 Å². The van der Waals surface area contributed by atoms with Crippen molar-refractivity contribution >= 4 is 11.6 Å². The van der Waals surface area contributed by atoms with Crippen molar-refractivity contribution in [1.29, 1.82) is 0 Å². The van der Waals surface area contributed by atoms with Crippen molar-refractivity contribution in [3.8, 4) is 5.75 Å². The van der Waals surface area contributed by atoms with Crippen LogP contribution in [0.1, 0.15) is 30.9 Å². The van der Waals surface area contributed by atoms with Gasteiger partial charge in [-0.25, -0.2) is 0 Å². The van der Waals surface area contributed by atoms with E-state index in [4.69, 9.17) is 9.84 Å². The van der Waals surface area contributed by atoms with E-state index in [1.165, 1.54) is 0 Å². The highest BCUT2D eigenvalue weighted by atomic mass is 16.5. The summed E-state index contributed by atoms with van der Waals surface area (Å²) in [5, 5.41) is 21.4. The van der Waals surface area contributed by atoms with E-state index in [0.717, 1.165) is 0 Å². The van der Waals surface area contributed by atoms with Gasteiger partial charge in [-0.3, -0.25) is 4.79 Å². The molecule has 5 heteroatoms. The van der Waals surface area contributed by atoms with Crippen LogP contribution < -0.4 is 10.1 Å². The van der Waals surface area contributed by atoms with Gasteiger partial charge in [-0.15, -0.1) is 0 Å². The second kappa shape index (κ2) is 5.84. The summed E-state index contributed by atoms with van der Waals surface area (Å²) < 4.78 is 5.43. The van der Waals surface area contributed by atoms with Crippen LogP contribution in [0.4, 0.5) is 5.69 Å². The molecule has 1 amide bonds. The lowest BCUT2D eigenvalue weighted by atomic mass is 10.0. The first-order valence-corrected chi connectivity index (χ1v) is 6.06. The van der Waals surface area contributed by atoms with Crippen molar-refractivity contribution in [3.05, 3.63) is 23.8 Å². The quantitative estimate of drug-likeness (QED) is 0.751. The maximum absolute atomic E-state index is 11.4. The van der Waals surface area contributed by atoms with Gasteiger partial charge in [-0.1, -0.05) is 6.07 Å². The Balaban J connectivity index is 2.17. The van der Waals surface area contributed by atoms with Gasteiger partial charge in [-0.05, 0) is 30.5 Å². The molecular weight excluding hydrogens is 234 g/mol. The molecule has 3 N–H and O–H groups in total. The van der Waals surface area contributed by atoms with Crippen molar-refractivity contribution in [2.45, 2.75) is 25.4 Å². The lowest BCUT2D eigenvalue weighted by Crippen LogP contribution is -2.10. The maximum Gasteiger partial charge on any atom is 0.227 e. The zero-order valence-electron chi connectivity index (χ0n) is 10.1. The van der Waals surface area contributed by atoms with Crippen LogP contribution in [-0.2, 0) is 4.79 Å². The first kappa shape index (κ1) is 12.9. The molecule has 5 nitrogen and oxygen atoms in total. The molecule has 0 aromatic heterocycles. The van der Waals surface area contributed by atoms with Crippen LogP contribution in [-0.4, -0.2) is 29.3 Å². The highest BCUT2D eigenvalue weighted by Gasteiger charge is 2.16. The van der Waals surface area contributed by atoms with E-state index in [1.54, 1.807) is 18.2 Å². The highest BCUT2D eigenvalue weighted by Crippen LogP contribution is 2.31. The van der Waals surface area contributed by atoms with Crippen molar-refractivity contribution in [2.75, 3.05) is 18.5 Å². The van der Waals surface area contributed by atoms with E-state index < -0.39 is 6.10 Å². The summed E-state index contributed by atoms with van der Waals surface area (Å²) in [7, 11) is 0. The van der Waals surface area contributed by atoms with Crippen LogP contribution in [0.5, 0.6) is 5.75 Å². The van der Waals surface area contributed by atoms with Gasteiger partial charge >= 0.3 is 0 Å². The zero-order valence-corrected chi connectivity index (χ0v) is 10.1. The van der Waals surface area contributed by atoms with Gasteiger partial charge in [0, 0.05) is 6.61 Å². The summed E-state index contributed by atoms with van der Waals surface area (Å²) in [6.45, 7) is 0.424. The summed E-state index contributed by atoms with van der Waals surface area (Å²) in [5.41, 5.74) is 1.31. The number of anilines is 1. The highest BCUT2D eigenvalue weighted by molar-refractivity contribution is 5.93. The van der Waals surface area contributed by atoms with Crippen molar-refractivity contribution in [2.24, 2.45) is 0 Å². The number of benzene rings is 1. The van der Waals surface area contributed by atoms with Crippen LogP contribution >= 0.6 is 0 Å². The van der Waals surface area contributed by atoms with Crippen LogP contribution in [0.15, 0.2) is 18.2 Å². The van der Waals surface area contributed by atoms with Gasteiger partial charge in [0.2, 0.25) is 5.91 Å². The average molecular weight is 251 g/mol. The van der Waals surface area contributed by atoms with Gasteiger partial charge in [0.1, 0.15) is 5.75 Å². The third-order valence-electron chi connectivity index (χ3n) is 2.88. The lowest BCUT2D eigenvalue weighted by molar-refractivity contribution is -0.116. The number of rotatable bonds is 4. The van der Waals surface area contributed by atoms with Gasteiger partial charge in [-0.2, -0.15) is 0 Å². The molecule has 0 fully saturated rings. The topological polar surface area (TPSA) is 78.8 Å². The first-order chi connectivity index (χ1) is 8.70. The van der Waals surface area contributed by atoms with Gasteiger partial charge in [0.15, 0.2) is 0 Å². The first-order valence-electron chi connectivity index (χ1n) is 6.06. The summed E-state index contributed by atoms with van der Waals surface area (Å²) in [6, 6.07) is 5.25. The molecule has 1 atom stereocenters. The molecule has 0 spiro atoms. The number of nitrogens with one attached hydrogen (secondary N) is 1. The van der Waals surface area contributed by atoms with Gasteiger partial charge in [0.25, 0.3) is 0 Å². The van der Waals surface area contributed by atoms with Gasteiger partial charge < -0.3 is 20.3 Å². The molecule has 1 aromatic carbocycles. The molecule has 1 heterocycles. The molecule has 1 aliphatic heterocycles. The Morgan fingerprint density at radius 2 is 2.28 bits per heavy atom. The third-order valence-corrected chi connectivity index (χ3v) is 2.88. The number of aliphatic hydroxyl groups excluding tert-OH is 2. The normalized spacial score (nSPS) is 16.2. The molecule has 1 aromatic rings. The Kier molecular flexibility index (Phi) is 4.17. The Morgan fingerprint density at radius 3 is 3.06 bits per heavy atom. The average Bonchev–Trinajstić information content (AvgIpc) is 2.55. The smallest absolute Gasteiger partial charge is 0.227 e. The number of carbonyl (C=O) groups excluding carboxylic acids is 1. The monoisotopic (exact) mass is 251 g/mol. The predicted molar refractivity (Wildman–Crippen MR) is 66.5 cm³/mol. The third kappa shape index (κ3) is 3.00. The van der Waals surface area contributed by atoms with E-state index in [0.29, 0.717) is 42.9 Å². The number of carbonyl (C=O) groups is 1. The molecule has 0 saturated carbocycles. The van der Waals surface area contributed by atoms with E-state index >= 15 is 0 Å². The SMILES string of the molecule is O=C1CCOc2ccc(C(O)CCCO)cc2N1. The molecule has 18 heavy (non-hydrogen) atoms. The van der Waals surface area contributed by atoms with E-state index in [1.807, 2.05) is 0 Å². The minimum Gasteiger partial charge on any atom is -0.491 e. The van der Waals surface area contributed by atoms with Crippen LogP contribution in [0.3, 0.4) is 0 Å². The lowest BCUT2D eigenvalue weighted by Gasteiger charge is -2.13. The summed E-state index contributed by atoms with van der Waals surface area (Å²) >= 11 is 0. The fraction of sp³-hybridized carbons (Fsp3) is 0.462. The molecule has 1 aliphatic rings. The number of aliphatic hydroxyl groups is 2. The number of hydrogen-bond donors (Lipinski definition) is 3. The molecule has 0 bridgehead atoms. The molecule has 0 aliphatic carbocycles. The summed E-state index contributed by atoms with van der Waals surface area (Å²) in [4.78, 5) is 11.4. The minimum absolute atomic E-state index is 0.0574. The predicted octanol–water partition coefficient (Wildman–Crippen LogP) is 1.21. The zero-order chi connectivity index (χ0) is 13.0. The van der Waals surface area contributed by atoms with Crippen LogP contribution in [0.2, 0.25) is 0 Å². The molecule has 0 saturated heterocycles. The van der Waals surface area contributed by atoms with Crippen LogP contribution in [0.25, 0.3) is 0 Å². The molecule has 98 valence electrons. The molecule has 2 rings (SSSR count). The minimum atomic E-state index is -0.636. The Labute approximate surface area is 105 Å². The maximum atomic E-state index is 11.4. The molecular formula is C13H17NO4. The second-order valence-electron chi connectivity index (χ2n) is 4.28. The Morgan fingerprint density at radius 1 is 1.44 bits per heavy atom. The molecule has 0 radical (unpaired) electrons. The summed E-state index contributed by atoms with van der Waals surface area (Å²) in [6.07, 6.45) is 0.727. The Hall–Kier alpha value is -1.59. The van der Waals surface area contributed by atoms with Crippen molar-refractivity contribution in [1.82, 2.24) is 0 Å². The van der Waals surface area contributed by atoms with Crippen molar-refractivity contribution < 1.29 is 19.7 Å². The summed E-state index contributed by atoms with van der Waals surface area (Å²) in [5.74, 6) is 0.537. The van der Waals surface area contributed by atoms with Crippen LogP contribution in [0, 0.1) is 0 Å². The molecule has 1 unspecified atom stereocenters. The van der Waals surface area contributed by atoms with E-state index in [-0.39, 0.29) is 12.5 Å². The fourth-order valence-corrected chi connectivity index (χ4v) is 1.90. The Bertz CT molecular complexity index is 433. The van der Waals surface area contributed by atoms with Gasteiger partial charge in [0.05, 0.1) is 24.8 Å². The second-order valence-corrected chi connectivity index (χ2v) is 4.28. The standard InChI is InChI=1S/C13H17NO4/c15-6-1-2-11(16)9-3-4-12-10(8-9)14-13(17)5-7-18-12/h3-4,8,11,15-16H,1-2,5-7H2,(H,14,17). The largest absolute Gasteiger partial charge is 0.491 e. The van der Waals surface area contributed by atoms with E-state index in [2.05, 4.69) is 5.32 Å². The number of amides is 1. The number of ether oxygens (including phenoxy) is 1. The van der Waals surface area contributed by atoms with E-state index in [9.17, 15) is 9.90 Å².